The second kappa shape index (κ2) is 5.97. The molecule has 0 unspecified atom stereocenters. The fraction of sp³-hybridized carbons (Fsp3) is 0.235. The van der Waals surface area contributed by atoms with E-state index in [0.717, 1.165) is 17.0 Å². The first-order valence-corrected chi connectivity index (χ1v) is 8.00. The summed E-state index contributed by atoms with van der Waals surface area (Å²) >= 11 is 0. The van der Waals surface area contributed by atoms with E-state index in [0.29, 0.717) is 17.6 Å². The predicted octanol–water partition coefficient (Wildman–Crippen LogP) is 1.98. The molecule has 0 atom stereocenters. The summed E-state index contributed by atoms with van der Waals surface area (Å²) in [7, 11) is 0. The van der Waals surface area contributed by atoms with Gasteiger partial charge >= 0.3 is 0 Å². The first-order valence-electron chi connectivity index (χ1n) is 8.00. The third-order valence-electron chi connectivity index (χ3n) is 3.98. The third-order valence-corrected chi connectivity index (χ3v) is 3.98. The molecule has 1 N–H and O–H groups in total. The van der Waals surface area contributed by atoms with Crippen LogP contribution in [0.1, 0.15) is 35.9 Å². The molecule has 0 radical (unpaired) electrons. The quantitative estimate of drug-likeness (QED) is 0.616. The fourth-order valence-corrected chi connectivity index (χ4v) is 2.67. The Bertz CT molecular complexity index is 1030. The van der Waals surface area contributed by atoms with Gasteiger partial charge in [-0.05, 0) is 19.9 Å². The van der Waals surface area contributed by atoms with Crippen molar-refractivity contribution in [3.05, 3.63) is 54.6 Å². The van der Waals surface area contributed by atoms with Crippen LogP contribution < -0.4 is 5.32 Å². The molecule has 0 aliphatic rings. The molecule has 8 heteroatoms. The van der Waals surface area contributed by atoms with Gasteiger partial charge in [0.1, 0.15) is 5.52 Å². The number of nitrogens with zero attached hydrogens (tertiary/aromatic N) is 6. The van der Waals surface area contributed by atoms with Crippen LogP contribution in [0.4, 0.5) is 0 Å². The summed E-state index contributed by atoms with van der Waals surface area (Å²) in [4.78, 5) is 29.5. The highest BCUT2D eigenvalue weighted by molar-refractivity contribution is 5.96. The van der Waals surface area contributed by atoms with Crippen LogP contribution in [-0.2, 0) is 6.54 Å². The zero-order valence-corrected chi connectivity index (χ0v) is 13.9. The van der Waals surface area contributed by atoms with E-state index in [1.165, 1.54) is 0 Å². The van der Waals surface area contributed by atoms with Crippen LogP contribution in [0.2, 0.25) is 0 Å². The summed E-state index contributed by atoms with van der Waals surface area (Å²) in [5.74, 6) is -0.205. The van der Waals surface area contributed by atoms with E-state index in [1.807, 2.05) is 21.4 Å². The largest absolute Gasteiger partial charge is 0.346 e. The molecule has 8 nitrogen and oxygen atoms in total. The van der Waals surface area contributed by atoms with Crippen LogP contribution in [0.5, 0.6) is 0 Å². The number of amides is 1. The highest BCUT2D eigenvalue weighted by atomic mass is 16.1. The maximum atomic E-state index is 12.4. The summed E-state index contributed by atoms with van der Waals surface area (Å²) in [6, 6.07) is 2.02. The summed E-state index contributed by atoms with van der Waals surface area (Å²) in [6.07, 6.45) is 10.4. The van der Waals surface area contributed by atoms with Gasteiger partial charge in [0, 0.05) is 30.8 Å². The zero-order chi connectivity index (χ0) is 17.4. The molecule has 126 valence electrons. The van der Waals surface area contributed by atoms with Crippen molar-refractivity contribution in [3.8, 4) is 0 Å². The van der Waals surface area contributed by atoms with Crippen molar-refractivity contribution in [2.45, 2.75) is 26.4 Å². The molecular weight excluding hydrogens is 318 g/mol. The molecule has 4 rings (SSSR count). The molecule has 0 spiro atoms. The molecule has 1 amide bonds. The third kappa shape index (κ3) is 2.82. The van der Waals surface area contributed by atoms with Crippen LogP contribution in [0, 0.1) is 0 Å². The van der Waals surface area contributed by atoms with Crippen LogP contribution in [0.15, 0.2) is 43.4 Å². The number of aromatic nitrogens is 6. The number of nitrogens with one attached hydrogen (secondary N) is 1. The lowest BCUT2D eigenvalue weighted by Gasteiger charge is -2.07. The number of carbonyl (C=O) groups excluding carboxylic acids is 1. The van der Waals surface area contributed by atoms with Crippen molar-refractivity contribution in [1.82, 2.24) is 34.2 Å². The number of rotatable bonds is 4. The number of carbonyl (C=O) groups is 1. The maximum absolute atomic E-state index is 12.4. The highest BCUT2D eigenvalue weighted by Gasteiger charge is 2.12. The predicted molar refractivity (Wildman–Crippen MR) is 92.1 cm³/mol. The average molecular weight is 335 g/mol. The van der Waals surface area contributed by atoms with Gasteiger partial charge in [0.05, 0.1) is 30.3 Å². The van der Waals surface area contributed by atoms with Gasteiger partial charge in [-0.15, -0.1) is 0 Å². The molecule has 0 aliphatic carbocycles. The van der Waals surface area contributed by atoms with Crippen LogP contribution in [0.3, 0.4) is 0 Å². The van der Waals surface area contributed by atoms with E-state index in [2.05, 4.69) is 39.1 Å². The maximum Gasteiger partial charge on any atom is 0.253 e. The van der Waals surface area contributed by atoms with E-state index in [4.69, 9.17) is 0 Å². The normalized spacial score (nSPS) is 11.5. The number of fused-ring (bicyclic) bond motifs is 2. The average Bonchev–Trinajstić information content (AvgIpc) is 3.22. The van der Waals surface area contributed by atoms with Crippen LogP contribution in [0.25, 0.3) is 16.8 Å². The van der Waals surface area contributed by atoms with Crippen molar-refractivity contribution < 1.29 is 4.79 Å². The molecule has 0 saturated heterocycles. The molecule has 4 aromatic rings. The molecule has 0 aliphatic heterocycles. The Kier molecular flexibility index (Phi) is 3.64. The lowest BCUT2D eigenvalue weighted by molar-refractivity contribution is 0.0950. The van der Waals surface area contributed by atoms with Crippen molar-refractivity contribution in [3.63, 3.8) is 0 Å². The van der Waals surface area contributed by atoms with Gasteiger partial charge in [0.25, 0.3) is 5.91 Å². The first kappa shape index (κ1) is 15.3. The van der Waals surface area contributed by atoms with Gasteiger partial charge in [0.15, 0.2) is 11.3 Å². The van der Waals surface area contributed by atoms with Crippen molar-refractivity contribution in [1.29, 1.82) is 0 Å². The Morgan fingerprint density at radius 3 is 2.96 bits per heavy atom. The molecule has 4 aromatic heterocycles. The van der Waals surface area contributed by atoms with Crippen LogP contribution >= 0.6 is 0 Å². The van der Waals surface area contributed by atoms with Gasteiger partial charge < -0.3 is 14.3 Å². The monoisotopic (exact) mass is 335 g/mol. The topological polar surface area (TPSA) is 90.0 Å². The van der Waals surface area contributed by atoms with Crippen LogP contribution in [-0.4, -0.2) is 34.8 Å². The minimum atomic E-state index is -0.205. The summed E-state index contributed by atoms with van der Waals surface area (Å²) in [5, 5.41) is 2.86. The summed E-state index contributed by atoms with van der Waals surface area (Å²) in [5.41, 5.74) is 3.47. The lowest BCUT2D eigenvalue weighted by Crippen LogP contribution is -2.23. The Balaban J connectivity index is 1.51. The highest BCUT2D eigenvalue weighted by Crippen LogP contribution is 2.16. The molecular formula is C17H17N7O. The molecule has 0 aromatic carbocycles. The Hall–Kier alpha value is -3.29. The van der Waals surface area contributed by atoms with E-state index in [-0.39, 0.29) is 11.9 Å². The SMILES string of the molecule is CC(C)n1cnc2cc(C(=O)NCc3cn4ccncc4n3)cnc21. The summed E-state index contributed by atoms with van der Waals surface area (Å²) in [6.45, 7) is 4.46. The van der Waals surface area contributed by atoms with Gasteiger partial charge in [-0.3, -0.25) is 9.78 Å². The van der Waals surface area contributed by atoms with E-state index in [9.17, 15) is 4.79 Å². The molecule has 0 bridgehead atoms. The van der Waals surface area contributed by atoms with E-state index in [1.54, 1.807) is 31.0 Å². The minimum absolute atomic E-state index is 0.205. The fourth-order valence-electron chi connectivity index (χ4n) is 2.67. The lowest BCUT2D eigenvalue weighted by atomic mass is 10.2. The molecule has 4 heterocycles. The van der Waals surface area contributed by atoms with E-state index >= 15 is 0 Å². The summed E-state index contributed by atoms with van der Waals surface area (Å²) < 4.78 is 3.84. The molecule has 0 saturated carbocycles. The van der Waals surface area contributed by atoms with Crippen molar-refractivity contribution in [2.75, 3.05) is 0 Å². The van der Waals surface area contributed by atoms with Gasteiger partial charge in [0.2, 0.25) is 0 Å². The second-order valence-electron chi connectivity index (χ2n) is 6.07. The number of pyridine rings is 1. The van der Waals surface area contributed by atoms with Crippen molar-refractivity contribution in [2.24, 2.45) is 0 Å². The minimum Gasteiger partial charge on any atom is -0.346 e. The second-order valence-corrected chi connectivity index (χ2v) is 6.07. The van der Waals surface area contributed by atoms with E-state index < -0.39 is 0 Å². The van der Waals surface area contributed by atoms with Gasteiger partial charge in [-0.1, -0.05) is 0 Å². The number of imidazole rings is 2. The zero-order valence-electron chi connectivity index (χ0n) is 13.9. The Morgan fingerprint density at radius 1 is 1.28 bits per heavy atom. The van der Waals surface area contributed by atoms with Crippen molar-refractivity contribution >= 4 is 22.7 Å². The van der Waals surface area contributed by atoms with Gasteiger partial charge in [-0.2, -0.15) is 0 Å². The first-order chi connectivity index (χ1) is 12.1. The Labute approximate surface area is 143 Å². The molecule has 0 fully saturated rings. The molecule has 25 heavy (non-hydrogen) atoms. The Morgan fingerprint density at radius 2 is 2.16 bits per heavy atom. The number of hydrogen-bond donors (Lipinski definition) is 1. The smallest absolute Gasteiger partial charge is 0.253 e. The standard InChI is InChI=1S/C17H17N7O/c1-11(2)24-10-21-14-5-12(6-19-16(14)24)17(25)20-7-13-9-23-4-3-18-8-15(23)22-13/h3-6,8-11H,7H2,1-2H3,(H,20,25). The van der Waals surface area contributed by atoms with Gasteiger partial charge in [-0.25, -0.2) is 15.0 Å². The number of hydrogen-bond acceptors (Lipinski definition) is 5.